The van der Waals surface area contributed by atoms with E-state index in [1.54, 1.807) is 42.6 Å². The number of pyridine rings is 1. The van der Waals surface area contributed by atoms with Crippen LogP contribution >= 0.6 is 11.6 Å². The van der Waals surface area contributed by atoms with Crippen LogP contribution in [0.2, 0.25) is 5.02 Å². The van der Waals surface area contributed by atoms with E-state index in [9.17, 15) is 8.42 Å². The maximum absolute atomic E-state index is 12.6. The van der Waals surface area contributed by atoms with Crippen molar-refractivity contribution in [3.8, 4) is 5.75 Å². The van der Waals surface area contributed by atoms with Crippen LogP contribution in [0, 0.1) is 0 Å². The highest BCUT2D eigenvalue weighted by Crippen LogP contribution is 2.29. The van der Waals surface area contributed by atoms with Gasteiger partial charge in [0.1, 0.15) is 12.4 Å². The van der Waals surface area contributed by atoms with Crippen molar-refractivity contribution in [2.24, 2.45) is 0 Å². The Morgan fingerprint density at radius 3 is 2.43 bits per heavy atom. The normalized spacial score (nSPS) is 11.1. The largest absolute Gasteiger partial charge is 0.486 e. The molecule has 0 fully saturated rings. The number of benzene rings is 2. The number of sulfonamides is 1. The van der Waals surface area contributed by atoms with Gasteiger partial charge in [0.15, 0.2) is 0 Å². The van der Waals surface area contributed by atoms with Gasteiger partial charge in [-0.1, -0.05) is 17.7 Å². The highest BCUT2D eigenvalue weighted by molar-refractivity contribution is 7.92. The highest BCUT2D eigenvalue weighted by atomic mass is 35.5. The van der Waals surface area contributed by atoms with Gasteiger partial charge in [0.25, 0.3) is 10.0 Å². The molecule has 0 atom stereocenters. The minimum absolute atomic E-state index is 0.171. The summed E-state index contributed by atoms with van der Waals surface area (Å²) in [4.78, 5) is 6.24. The van der Waals surface area contributed by atoms with Gasteiger partial charge in [-0.3, -0.25) is 9.71 Å². The standard InChI is InChI=1S/C20H20ClN3O3S/c1-24(2)17-7-9-18(10-8-17)28(25,26)23-15-6-11-20(19(21)13-15)27-14-16-5-3-4-12-22-16/h3-13,23H,14H2,1-2H3. The average molecular weight is 418 g/mol. The predicted molar refractivity (Wildman–Crippen MR) is 112 cm³/mol. The van der Waals surface area contributed by atoms with E-state index in [-0.39, 0.29) is 11.5 Å². The molecule has 6 nitrogen and oxygen atoms in total. The molecule has 2 aromatic carbocycles. The second-order valence-corrected chi connectivity index (χ2v) is 8.34. The van der Waals surface area contributed by atoms with Crippen LogP contribution in [0.25, 0.3) is 0 Å². The van der Waals surface area contributed by atoms with Crippen LogP contribution in [0.15, 0.2) is 71.8 Å². The summed E-state index contributed by atoms with van der Waals surface area (Å²) in [5.41, 5.74) is 2.03. The van der Waals surface area contributed by atoms with Gasteiger partial charge >= 0.3 is 0 Å². The first-order chi connectivity index (χ1) is 13.3. The summed E-state index contributed by atoms with van der Waals surface area (Å²) in [6, 6.07) is 16.9. The van der Waals surface area contributed by atoms with Crippen molar-refractivity contribution in [3.63, 3.8) is 0 Å². The summed E-state index contributed by atoms with van der Waals surface area (Å²) in [5.74, 6) is 0.450. The topological polar surface area (TPSA) is 71.5 Å². The third kappa shape index (κ3) is 4.94. The summed E-state index contributed by atoms with van der Waals surface area (Å²) in [6.07, 6.45) is 1.68. The maximum Gasteiger partial charge on any atom is 0.261 e. The summed E-state index contributed by atoms with van der Waals surface area (Å²) in [6.45, 7) is 0.268. The number of halogens is 1. The third-order valence-electron chi connectivity index (χ3n) is 3.95. The zero-order valence-corrected chi connectivity index (χ0v) is 17.0. The van der Waals surface area contributed by atoms with Crippen LogP contribution in [0.4, 0.5) is 11.4 Å². The lowest BCUT2D eigenvalue weighted by atomic mass is 10.3. The molecule has 3 rings (SSSR count). The van der Waals surface area contributed by atoms with E-state index in [1.807, 2.05) is 37.2 Å². The van der Waals surface area contributed by atoms with E-state index in [0.29, 0.717) is 16.5 Å². The van der Waals surface area contributed by atoms with Crippen molar-refractivity contribution in [1.82, 2.24) is 4.98 Å². The number of nitrogens with zero attached hydrogens (tertiary/aromatic N) is 2. The van der Waals surface area contributed by atoms with Gasteiger partial charge in [-0.2, -0.15) is 0 Å². The number of hydrogen-bond donors (Lipinski definition) is 1. The zero-order chi connectivity index (χ0) is 20.1. The van der Waals surface area contributed by atoms with Crippen molar-refractivity contribution < 1.29 is 13.2 Å². The molecule has 0 saturated heterocycles. The molecule has 1 aromatic heterocycles. The van der Waals surface area contributed by atoms with Gasteiger partial charge in [-0.15, -0.1) is 0 Å². The minimum Gasteiger partial charge on any atom is -0.486 e. The number of ether oxygens (including phenoxy) is 1. The van der Waals surface area contributed by atoms with Gasteiger partial charge in [0, 0.05) is 26.0 Å². The molecule has 3 aromatic rings. The van der Waals surface area contributed by atoms with E-state index >= 15 is 0 Å². The molecule has 0 amide bonds. The zero-order valence-electron chi connectivity index (χ0n) is 15.5. The molecule has 28 heavy (non-hydrogen) atoms. The maximum atomic E-state index is 12.6. The number of rotatable bonds is 7. The van der Waals surface area contributed by atoms with Crippen LogP contribution in [-0.2, 0) is 16.6 Å². The lowest BCUT2D eigenvalue weighted by Gasteiger charge is -2.14. The SMILES string of the molecule is CN(C)c1ccc(S(=O)(=O)Nc2ccc(OCc3ccccn3)c(Cl)c2)cc1. The number of hydrogen-bond acceptors (Lipinski definition) is 5. The highest BCUT2D eigenvalue weighted by Gasteiger charge is 2.15. The number of nitrogens with one attached hydrogen (secondary N) is 1. The Kier molecular flexibility index (Phi) is 6.06. The Morgan fingerprint density at radius 2 is 1.82 bits per heavy atom. The molecule has 0 aliphatic rings. The predicted octanol–water partition coefficient (Wildman–Crippen LogP) is 4.18. The first kappa shape index (κ1) is 20.0. The van der Waals surface area contributed by atoms with Crippen molar-refractivity contribution in [1.29, 1.82) is 0 Å². The Balaban J connectivity index is 1.70. The molecule has 0 aliphatic heterocycles. The molecular weight excluding hydrogens is 398 g/mol. The van der Waals surface area contributed by atoms with Crippen LogP contribution in [0.3, 0.4) is 0 Å². The Labute approximate surface area is 169 Å². The Bertz CT molecular complexity index is 1040. The quantitative estimate of drug-likeness (QED) is 0.624. The van der Waals surface area contributed by atoms with Crippen LogP contribution in [0.1, 0.15) is 5.69 Å². The number of aromatic nitrogens is 1. The summed E-state index contributed by atoms with van der Waals surface area (Å²) < 4.78 is 33.3. The van der Waals surface area contributed by atoms with Crippen molar-refractivity contribution in [2.45, 2.75) is 11.5 Å². The van der Waals surface area contributed by atoms with E-state index < -0.39 is 10.0 Å². The van der Waals surface area contributed by atoms with Gasteiger partial charge in [0.2, 0.25) is 0 Å². The molecule has 0 unspecified atom stereocenters. The van der Waals surface area contributed by atoms with E-state index in [4.69, 9.17) is 16.3 Å². The van der Waals surface area contributed by atoms with Gasteiger partial charge in [-0.05, 0) is 54.6 Å². The molecule has 0 bridgehead atoms. The fraction of sp³-hybridized carbons (Fsp3) is 0.150. The molecular formula is C20H20ClN3O3S. The lowest BCUT2D eigenvalue weighted by molar-refractivity contribution is 0.301. The molecule has 0 aliphatic carbocycles. The molecule has 1 heterocycles. The second kappa shape index (κ2) is 8.50. The smallest absolute Gasteiger partial charge is 0.261 e. The fourth-order valence-corrected chi connectivity index (χ4v) is 3.74. The van der Waals surface area contributed by atoms with E-state index in [2.05, 4.69) is 9.71 Å². The summed E-state index contributed by atoms with van der Waals surface area (Å²) in [7, 11) is 0.0616. The monoisotopic (exact) mass is 417 g/mol. The van der Waals surface area contributed by atoms with Crippen LogP contribution in [-0.4, -0.2) is 27.5 Å². The molecule has 0 saturated carbocycles. The van der Waals surface area contributed by atoms with E-state index in [1.165, 1.54) is 6.07 Å². The van der Waals surface area contributed by atoms with Crippen molar-refractivity contribution >= 4 is 33.0 Å². The molecule has 0 spiro atoms. The van der Waals surface area contributed by atoms with Crippen LogP contribution < -0.4 is 14.4 Å². The Hall–Kier alpha value is -2.77. The van der Waals surface area contributed by atoms with Crippen LogP contribution in [0.5, 0.6) is 5.75 Å². The first-order valence-electron chi connectivity index (χ1n) is 8.47. The second-order valence-electron chi connectivity index (χ2n) is 6.25. The first-order valence-corrected chi connectivity index (χ1v) is 10.3. The van der Waals surface area contributed by atoms with Gasteiger partial charge in [-0.25, -0.2) is 8.42 Å². The summed E-state index contributed by atoms with van der Waals surface area (Å²) >= 11 is 6.24. The summed E-state index contributed by atoms with van der Waals surface area (Å²) in [5, 5.41) is 0.305. The number of anilines is 2. The van der Waals surface area contributed by atoms with Crippen molar-refractivity contribution in [3.05, 3.63) is 77.6 Å². The van der Waals surface area contributed by atoms with Gasteiger partial charge in [0.05, 0.1) is 21.3 Å². The molecule has 0 radical (unpaired) electrons. The minimum atomic E-state index is -3.72. The molecule has 146 valence electrons. The lowest BCUT2D eigenvalue weighted by Crippen LogP contribution is -2.14. The molecule has 8 heteroatoms. The Morgan fingerprint density at radius 1 is 1.07 bits per heavy atom. The van der Waals surface area contributed by atoms with Gasteiger partial charge < -0.3 is 9.64 Å². The third-order valence-corrected chi connectivity index (χ3v) is 5.64. The fourth-order valence-electron chi connectivity index (χ4n) is 2.45. The average Bonchev–Trinajstić information content (AvgIpc) is 2.68. The molecule has 1 N–H and O–H groups in total. The van der Waals surface area contributed by atoms with E-state index in [0.717, 1.165) is 11.4 Å². The van der Waals surface area contributed by atoms with Crippen molar-refractivity contribution in [2.75, 3.05) is 23.7 Å².